The second kappa shape index (κ2) is 5.14. The quantitative estimate of drug-likeness (QED) is 0.734. The van der Waals surface area contributed by atoms with Crippen molar-refractivity contribution in [3.05, 3.63) is 71.3 Å². The van der Waals surface area contributed by atoms with Crippen LogP contribution in [0.15, 0.2) is 54.6 Å². The van der Waals surface area contributed by atoms with Gasteiger partial charge in [0, 0.05) is 11.1 Å². The molecular formula is C20H20O. The third-order valence-corrected chi connectivity index (χ3v) is 5.38. The van der Waals surface area contributed by atoms with E-state index in [2.05, 4.69) is 12.1 Å². The van der Waals surface area contributed by atoms with Gasteiger partial charge in [0.25, 0.3) is 0 Å². The molecule has 1 heteroatoms. The van der Waals surface area contributed by atoms with E-state index in [0.717, 1.165) is 23.0 Å². The molecule has 0 spiro atoms. The van der Waals surface area contributed by atoms with Crippen molar-refractivity contribution in [3.8, 4) is 0 Å². The Hall–Kier alpha value is -1.89. The summed E-state index contributed by atoms with van der Waals surface area (Å²) in [6.45, 7) is 0. The minimum atomic E-state index is 0.175. The van der Waals surface area contributed by atoms with Gasteiger partial charge in [0.2, 0.25) is 0 Å². The first-order chi connectivity index (χ1) is 10.3. The van der Waals surface area contributed by atoms with Crippen molar-refractivity contribution < 1.29 is 4.79 Å². The van der Waals surface area contributed by atoms with Gasteiger partial charge < -0.3 is 0 Å². The summed E-state index contributed by atoms with van der Waals surface area (Å²) in [6, 6.07) is 17.9. The van der Waals surface area contributed by atoms with Gasteiger partial charge in [-0.2, -0.15) is 0 Å². The third kappa shape index (κ3) is 2.21. The molecule has 0 saturated heterocycles. The maximum Gasteiger partial charge on any atom is 0.193 e. The van der Waals surface area contributed by atoms with Gasteiger partial charge in [-0.25, -0.2) is 0 Å². The molecule has 0 radical (unpaired) electrons. The van der Waals surface area contributed by atoms with Crippen LogP contribution >= 0.6 is 0 Å². The van der Waals surface area contributed by atoms with E-state index in [1.54, 1.807) is 0 Å². The molecule has 0 N–H and O–H groups in total. The summed E-state index contributed by atoms with van der Waals surface area (Å²) in [5, 5.41) is 0. The van der Waals surface area contributed by atoms with Crippen molar-refractivity contribution in [2.24, 2.45) is 11.8 Å². The van der Waals surface area contributed by atoms with Crippen LogP contribution in [0.1, 0.15) is 53.1 Å². The van der Waals surface area contributed by atoms with Crippen molar-refractivity contribution in [3.63, 3.8) is 0 Å². The van der Waals surface area contributed by atoms with Crippen molar-refractivity contribution in [2.75, 3.05) is 0 Å². The van der Waals surface area contributed by atoms with Crippen LogP contribution in [0.4, 0.5) is 0 Å². The minimum Gasteiger partial charge on any atom is -0.289 e. The fourth-order valence-electron chi connectivity index (χ4n) is 4.40. The van der Waals surface area contributed by atoms with Crippen LogP contribution < -0.4 is 0 Å². The molecule has 3 atom stereocenters. The maximum absolute atomic E-state index is 12.8. The van der Waals surface area contributed by atoms with Gasteiger partial charge >= 0.3 is 0 Å². The highest BCUT2D eigenvalue weighted by Gasteiger charge is 2.41. The average molecular weight is 276 g/mol. The van der Waals surface area contributed by atoms with E-state index in [9.17, 15) is 4.79 Å². The van der Waals surface area contributed by atoms with Gasteiger partial charge in [0.05, 0.1) is 0 Å². The number of carbonyl (C=O) groups excluding carboxylic acids is 1. The lowest BCUT2D eigenvalue weighted by molar-refractivity contribution is 0.103. The smallest absolute Gasteiger partial charge is 0.193 e. The van der Waals surface area contributed by atoms with Crippen molar-refractivity contribution in [1.29, 1.82) is 0 Å². The van der Waals surface area contributed by atoms with Gasteiger partial charge in [-0.05, 0) is 42.6 Å². The lowest BCUT2D eigenvalue weighted by atomic mass is 9.80. The summed E-state index contributed by atoms with van der Waals surface area (Å²) in [7, 11) is 0. The Morgan fingerprint density at radius 2 is 1.62 bits per heavy atom. The minimum absolute atomic E-state index is 0.175. The predicted molar refractivity (Wildman–Crippen MR) is 84.5 cm³/mol. The standard InChI is InChI=1S/C20H20O/c21-20(15-6-2-1-3-7-15)18-9-5-4-8-17(18)19-13-14-10-11-16(19)12-14/h1-9,14,16,19H,10-13H2/t14-,16+,19+/m1/s1. The number of rotatable bonds is 3. The highest BCUT2D eigenvalue weighted by Crippen LogP contribution is 2.53. The number of fused-ring (bicyclic) bond motifs is 2. The average Bonchev–Trinajstić information content (AvgIpc) is 3.18. The van der Waals surface area contributed by atoms with Gasteiger partial charge in [0.15, 0.2) is 5.78 Å². The first kappa shape index (κ1) is 12.8. The molecule has 0 heterocycles. The van der Waals surface area contributed by atoms with Gasteiger partial charge in [0.1, 0.15) is 0 Å². The number of benzene rings is 2. The Labute approximate surface area is 126 Å². The Balaban J connectivity index is 1.72. The Morgan fingerprint density at radius 1 is 0.857 bits per heavy atom. The zero-order valence-electron chi connectivity index (χ0n) is 12.2. The fourth-order valence-corrected chi connectivity index (χ4v) is 4.40. The zero-order chi connectivity index (χ0) is 14.2. The second-order valence-corrected chi connectivity index (χ2v) is 6.56. The number of hydrogen-bond donors (Lipinski definition) is 0. The molecule has 21 heavy (non-hydrogen) atoms. The maximum atomic E-state index is 12.8. The molecule has 106 valence electrons. The molecule has 2 aliphatic carbocycles. The van der Waals surface area contributed by atoms with Crippen LogP contribution in [-0.4, -0.2) is 5.78 Å². The van der Waals surface area contributed by atoms with Crippen LogP contribution in [0, 0.1) is 11.8 Å². The molecule has 2 fully saturated rings. The molecule has 2 aromatic rings. The fraction of sp³-hybridized carbons (Fsp3) is 0.350. The second-order valence-electron chi connectivity index (χ2n) is 6.56. The Morgan fingerprint density at radius 3 is 2.33 bits per heavy atom. The van der Waals surface area contributed by atoms with Crippen LogP contribution in [0.5, 0.6) is 0 Å². The molecule has 4 rings (SSSR count). The van der Waals surface area contributed by atoms with Crippen LogP contribution in [0.2, 0.25) is 0 Å². The summed E-state index contributed by atoms with van der Waals surface area (Å²) < 4.78 is 0. The molecule has 2 bridgehead atoms. The molecule has 0 aliphatic heterocycles. The summed E-state index contributed by atoms with van der Waals surface area (Å²) in [6.07, 6.45) is 5.40. The van der Waals surface area contributed by atoms with E-state index >= 15 is 0 Å². The number of ketones is 1. The van der Waals surface area contributed by atoms with Crippen molar-refractivity contribution in [2.45, 2.75) is 31.6 Å². The molecule has 0 aromatic heterocycles. The van der Waals surface area contributed by atoms with E-state index in [1.807, 2.05) is 42.5 Å². The van der Waals surface area contributed by atoms with E-state index in [1.165, 1.54) is 31.2 Å². The summed E-state index contributed by atoms with van der Waals surface area (Å²) in [5.74, 6) is 2.49. The third-order valence-electron chi connectivity index (χ3n) is 5.38. The first-order valence-corrected chi connectivity index (χ1v) is 8.01. The normalized spacial score (nSPS) is 27.0. The molecule has 0 amide bonds. The van der Waals surface area contributed by atoms with Crippen LogP contribution in [0.3, 0.4) is 0 Å². The summed E-state index contributed by atoms with van der Waals surface area (Å²) in [5.41, 5.74) is 3.01. The topological polar surface area (TPSA) is 17.1 Å². The highest BCUT2D eigenvalue weighted by atomic mass is 16.1. The van der Waals surface area contributed by atoms with Crippen molar-refractivity contribution in [1.82, 2.24) is 0 Å². The van der Waals surface area contributed by atoms with Gasteiger partial charge in [-0.3, -0.25) is 4.79 Å². The molecule has 2 saturated carbocycles. The van der Waals surface area contributed by atoms with E-state index in [-0.39, 0.29) is 5.78 Å². The van der Waals surface area contributed by atoms with Gasteiger partial charge in [-0.15, -0.1) is 0 Å². The number of carbonyl (C=O) groups is 1. The zero-order valence-corrected chi connectivity index (χ0v) is 12.2. The van der Waals surface area contributed by atoms with E-state index in [4.69, 9.17) is 0 Å². The monoisotopic (exact) mass is 276 g/mol. The molecular weight excluding hydrogens is 256 g/mol. The largest absolute Gasteiger partial charge is 0.289 e. The SMILES string of the molecule is O=C(c1ccccc1)c1ccccc1[C@H]1C[C@@H]2CC[C@H]1C2. The lowest BCUT2D eigenvalue weighted by Gasteiger charge is -2.24. The first-order valence-electron chi connectivity index (χ1n) is 8.01. The summed E-state index contributed by atoms with van der Waals surface area (Å²) >= 11 is 0. The summed E-state index contributed by atoms with van der Waals surface area (Å²) in [4.78, 5) is 12.8. The highest BCUT2D eigenvalue weighted by molar-refractivity contribution is 6.10. The Kier molecular flexibility index (Phi) is 3.14. The number of hydrogen-bond acceptors (Lipinski definition) is 1. The van der Waals surface area contributed by atoms with E-state index < -0.39 is 0 Å². The van der Waals surface area contributed by atoms with Crippen LogP contribution in [-0.2, 0) is 0 Å². The molecule has 0 unspecified atom stereocenters. The molecule has 2 aliphatic rings. The van der Waals surface area contributed by atoms with Crippen LogP contribution in [0.25, 0.3) is 0 Å². The van der Waals surface area contributed by atoms with Gasteiger partial charge in [-0.1, -0.05) is 61.0 Å². The van der Waals surface area contributed by atoms with Crippen molar-refractivity contribution >= 4 is 5.78 Å². The molecule has 1 nitrogen and oxygen atoms in total. The van der Waals surface area contributed by atoms with E-state index in [0.29, 0.717) is 5.92 Å². The Bertz CT molecular complexity index is 659. The predicted octanol–water partition coefficient (Wildman–Crippen LogP) is 4.82. The lowest BCUT2D eigenvalue weighted by Crippen LogP contribution is -2.14. The molecule has 2 aromatic carbocycles.